The lowest BCUT2D eigenvalue weighted by Crippen LogP contribution is -2.22. The van der Waals surface area contributed by atoms with Crippen molar-refractivity contribution in [3.63, 3.8) is 0 Å². The summed E-state index contributed by atoms with van der Waals surface area (Å²) in [7, 11) is -1.20. The summed E-state index contributed by atoms with van der Waals surface area (Å²) in [5, 5.41) is 7.05. The largest absolute Gasteiger partial charge is 0.364 e. The molecule has 0 atom stereocenters. The van der Waals surface area contributed by atoms with Gasteiger partial charge >= 0.3 is 0 Å². The Bertz CT molecular complexity index is 1130. The molecule has 2 heterocycles. The fourth-order valence-electron chi connectivity index (χ4n) is 2.96. The first-order valence-corrected chi connectivity index (χ1v) is 13.7. The second kappa shape index (κ2) is 9.23. The van der Waals surface area contributed by atoms with E-state index in [1.54, 1.807) is 16.8 Å². The predicted molar refractivity (Wildman–Crippen MR) is 124 cm³/mol. The van der Waals surface area contributed by atoms with Crippen LogP contribution in [0.1, 0.15) is 10.5 Å². The van der Waals surface area contributed by atoms with E-state index in [9.17, 15) is 9.59 Å². The summed E-state index contributed by atoms with van der Waals surface area (Å²) in [5.74, 6) is -0.950. The normalized spacial score (nSPS) is 11.5. The van der Waals surface area contributed by atoms with Crippen molar-refractivity contribution in [1.82, 2.24) is 14.8 Å². The van der Waals surface area contributed by atoms with Crippen LogP contribution < -0.4 is 11.1 Å². The summed E-state index contributed by atoms with van der Waals surface area (Å²) >= 11 is 0. The number of anilines is 1. The Labute approximate surface area is 182 Å². The first kappa shape index (κ1) is 22.4. The van der Waals surface area contributed by atoms with Gasteiger partial charge in [-0.1, -0.05) is 38.4 Å². The molecule has 1 aromatic carbocycles. The lowest BCUT2D eigenvalue weighted by Gasteiger charge is -2.15. The summed E-state index contributed by atoms with van der Waals surface area (Å²) < 4.78 is 7.39. The number of carbonyl (C=O) groups is 2. The third kappa shape index (κ3) is 5.65. The minimum Gasteiger partial charge on any atom is -0.364 e. The van der Waals surface area contributed by atoms with E-state index in [1.165, 1.54) is 6.08 Å². The van der Waals surface area contributed by atoms with Gasteiger partial charge in [0.25, 0.3) is 5.91 Å². The molecule has 31 heavy (non-hydrogen) atoms. The van der Waals surface area contributed by atoms with Crippen LogP contribution in [0, 0.1) is 0 Å². The molecule has 0 bridgehead atoms. The molecule has 0 saturated heterocycles. The molecule has 0 aliphatic carbocycles. The van der Waals surface area contributed by atoms with Gasteiger partial charge in [0.05, 0.1) is 11.2 Å². The van der Waals surface area contributed by atoms with Crippen molar-refractivity contribution in [3.05, 3.63) is 54.7 Å². The van der Waals surface area contributed by atoms with Crippen molar-refractivity contribution in [3.8, 4) is 11.3 Å². The number of aromatic nitrogens is 3. The molecule has 0 spiro atoms. The highest BCUT2D eigenvalue weighted by molar-refractivity contribution is 6.76. The van der Waals surface area contributed by atoms with Gasteiger partial charge in [0.2, 0.25) is 5.91 Å². The second-order valence-corrected chi connectivity index (χ2v) is 14.0. The van der Waals surface area contributed by atoms with E-state index in [0.717, 1.165) is 11.6 Å². The average Bonchev–Trinajstić information content (AvgIpc) is 3.09. The van der Waals surface area contributed by atoms with Gasteiger partial charge in [0.1, 0.15) is 12.2 Å². The molecule has 0 saturated carbocycles. The van der Waals surface area contributed by atoms with Crippen LogP contribution in [0.4, 0.5) is 5.69 Å². The number of pyridine rings is 1. The lowest BCUT2D eigenvalue weighted by atomic mass is 10.1. The number of primary amides is 1. The fourth-order valence-corrected chi connectivity index (χ4v) is 3.72. The van der Waals surface area contributed by atoms with E-state index >= 15 is 0 Å². The van der Waals surface area contributed by atoms with Crippen LogP contribution in [0.5, 0.6) is 0 Å². The second-order valence-electron chi connectivity index (χ2n) is 8.40. The molecule has 0 aliphatic heterocycles. The summed E-state index contributed by atoms with van der Waals surface area (Å²) in [6, 6.07) is 12.0. The van der Waals surface area contributed by atoms with Crippen molar-refractivity contribution in [2.75, 3.05) is 11.9 Å². The van der Waals surface area contributed by atoms with Crippen LogP contribution in [0.15, 0.2) is 49.1 Å². The van der Waals surface area contributed by atoms with E-state index in [0.29, 0.717) is 29.0 Å². The van der Waals surface area contributed by atoms with Crippen LogP contribution >= 0.6 is 0 Å². The topological polar surface area (TPSA) is 112 Å². The molecular formula is C22H27N5O3Si. The van der Waals surface area contributed by atoms with Gasteiger partial charge in [0, 0.05) is 25.9 Å². The third-order valence-corrected chi connectivity index (χ3v) is 6.36. The zero-order valence-corrected chi connectivity index (χ0v) is 19.0. The number of hydrogen-bond acceptors (Lipinski definition) is 5. The third-order valence-electron chi connectivity index (χ3n) is 4.65. The molecule has 2 aromatic heterocycles. The van der Waals surface area contributed by atoms with Gasteiger partial charge in [-0.2, -0.15) is 5.10 Å². The van der Waals surface area contributed by atoms with Crippen molar-refractivity contribution < 1.29 is 14.3 Å². The van der Waals surface area contributed by atoms with E-state index in [2.05, 4.69) is 41.6 Å². The maximum Gasteiger partial charge on any atom is 0.271 e. The molecule has 3 aromatic rings. The Hall–Kier alpha value is -3.30. The van der Waals surface area contributed by atoms with E-state index < -0.39 is 14.0 Å². The molecule has 3 rings (SSSR count). The number of nitrogens with two attached hydrogens (primary N) is 1. The van der Waals surface area contributed by atoms with Crippen molar-refractivity contribution in [2.24, 2.45) is 5.73 Å². The van der Waals surface area contributed by atoms with Gasteiger partial charge < -0.3 is 15.8 Å². The summed E-state index contributed by atoms with van der Waals surface area (Å²) in [4.78, 5) is 28.2. The van der Waals surface area contributed by atoms with E-state index in [4.69, 9.17) is 10.5 Å². The first-order valence-electron chi connectivity index (χ1n) is 9.97. The van der Waals surface area contributed by atoms with E-state index in [1.807, 2.05) is 24.3 Å². The monoisotopic (exact) mass is 437 g/mol. The fraction of sp³-hybridized carbons (Fsp3) is 0.273. The number of hydrogen-bond donors (Lipinski definition) is 2. The van der Waals surface area contributed by atoms with Crippen molar-refractivity contribution >= 4 is 36.6 Å². The molecule has 3 N–H and O–H groups in total. The molecule has 2 amide bonds. The highest BCUT2D eigenvalue weighted by Crippen LogP contribution is 2.25. The number of ether oxygens (including phenoxy) is 1. The van der Waals surface area contributed by atoms with Crippen LogP contribution in [0.25, 0.3) is 22.3 Å². The molecule has 9 heteroatoms. The lowest BCUT2D eigenvalue weighted by molar-refractivity contribution is -0.111. The van der Waals surface area contributed by atoms with Crippen molar-refractivity contribution in [1.29, 1.82) is 0 Å². The maximum absolute atomic E-state index is 12.0. The summed E-state index contributed by atoms with van der Waals surface area (Å²) in [6.45, 7) is 11.2. The minimum atomic E-state index is -1.20. The highest BCUT2D eigenvalue weighted by atomic mass is 28.3. The minimum absolute atomic E-state index is 0.0989. The number of benzene rings is 1. The van der Waals surface area contributed by atoms with Crippen LogP contribution in [-0.4, -0.2) is 41.3 Å². The smallest absolute Gasteiger partial charge is 0.271 e. The molecule has 0 radical (unpaired) electrons. The Kier molecular flexibility index (Phi) is 6.67. The molecule has 0 aliphatic rings. The number of amides is 2. The van der Waals surface area contributed by atoms with Gasteiger partial charge in [-0.15, -0.1) is 0 Å². The van der Waals surface area contributed by atoms with E-state index in [-0.39, 0.29) is 18.3 Å². The molecular weight excluding hydrogens is 410 g/mol. The number of carbonyl (C=O) groups excluding carboxylic acids is 2. The SMILES string of the molecule is C=CC(=O)Nc1cccc(-c2ccc3c(n2)c(C(N)=O)nn3COCC[Si](C)(C)C)c1. The zero-order valence-electron chi connectivity index (χ0n) is 18.0. The van der Waals surface area contributed by atoms with Gasteiger partial charge in [-0.3, -0.25) is 9.59 Å². The van der Waals surface area contributed by atoms with Crippen LogP contribution in [0.3, 0.4) is 0 Å². The summed E-state index contributed by atoms with van der Waals surface area (Å²) in [5.41, 5.74) is 8.75. The van der Waals surface area contributed by atoms with Gasteiger partial charge in [0.15, 0.2) is 5.69 Å². The number of nitrogens with zero attached hydrogens (tertiary/aromatic N) is 3. The standard InChI is InChI=1S/C22H27N5O3Si/c1-5-19(28)24-16-8-6-7-15(13-16)17-9-10-18-20(25-17)21(22(23)29)26-27(18)14-30-11-12-31(2,3)4/h5-10,13H,1,11-12,14H2,2-4H3,(H2,23,29)(H,24,28). The Morgan fingerprint density at radius 1 is 1.26 bits per heavy atom. The zero-order chi connectivity index (χ0) is 22.6. The Balaban J connectivity index is 1.90. The highest BCUT2D eigenvalue weighted by Gasteiger charge is 2.18. The van der Waals surface area contributed by atoms with Crippen LogP contribution in [-0.2, 0) is 16.3 Å². The van der Waals surface area contributed by atoms with Crippen molar-refractivity contribution in [2.45, 2.75) is 32.4 Å². The van der Waals surface area contributed by atoms with Crippen LogP contribution in [0.2, 0.25) is 25.7 Å². The number of fused-ring (bicyclic) bond motifs is 1. The molecule has 0 unspecified atom stereocenters. The molecule has 0 fully saturated rings. The average molecular weight is 438 g/mol. The number of nitrogens with one attached hydrogen (secondary N) is 1. The first-order chi connectivity index (χ1) is 14.7. The number of rotatable bonds is 9. The Morgan fingerprint density at radius 2 is 2.03 bits per heavy atom. The Morgan fingerprint density at radius 3 is 2.71 bits per heavy atom. The molecule has 162 valence electrons. The summed E-state index contributed by atoms with van der Waals surface area (Å²) in [6.07, 6.45) is 1.20. The predicted octanol–water partition coefficient (Wildman–Crippen LogP) is 3.63. The maximum atomic E-state index is 12.0. The van der Waals surface area contributed by atoms with Gasteiger partial charge in [-0.25, -0.2) is 9.67 Å². The quantitative estimate of drug-likeness (QED) is 0.302. The van der Waals surface area contributed by atoms with Gasteiger partial charge in [-0.05, 0) is 36.4 Å². The molecule has 8 nitrogen and oxygen atoms in total.